The van der Waals surface area contributed by atoms with Gasteiger partial charge in [-0.15, -0.1) is 0 Å². The van der Waals surface area contributed by atoms with E-state index in [2.05, 4.69) is 0 Å². The fraction of sp³-hybridized carbons (Fsp3) is 1.00. The molecule has 0 radical (unpaired) electrons. The van der Waals surface area contributed by atoms with Crippen molar-refractivity contribution in [1.82, 2.24) is 0 Å². The molecule has 0 aliphatic heterocycles. The minimum absolute atomic E-state index is 0.139. The maximum absolute atomic E-state index is 12.7. The van der Waals surface area contributed by atoms with Crippen LogP contribution >= 0.6 is 0 Å². The molecule has 0 spiro atoms. The molecular weight excluding hydrogens is 301 g/mol. The van der Waals surface area contributed by atoms with Crippen molar-refractivity contribution in [1.29, 1.82) is 0 Å². The van der Waals surface area contributed by atoms with Crippen LogP contribution in [-0.2, 0) is 19.0 Å². The van der Waals surface area contributed by atoms with Crippen LogP contribution in [0.5, 0.6) is 0 Å². The SMILES string of the molecule is CCS(=O)(=O)OC1(COC)CCC(O)(C(F)(F)F)CC1. The molecule has 1 aliphatic carbocycles. The van der Waals surface area contributed by atoms with Crippen LogP contribution < -0.4 is 0 Å². The lowest BCUT2D eigenvalue weighted by molar-refractivity contribution is -0.278. The molecule has 0 unspecified atom stereocenters. The maximum Gasteiger partial charge on any atom is 0.417 e. The van der Waals surface area contributed by atoms with Crippen molar-refractivity contribution in [3.05, 3.63) is 0 Å². The predicted molar refractivity (Wildman–Crippen MR) is 64.6 cm³/mol. The van der Waals surface area contributed by atoms with Crippen LogP contribution in [-0.4, -0.2) is 50.4 Å². The molecule has 9 heteroatoms. The first-order chi connectivity index (χ1) is 8.99. The Hall–Kier alpha value is -0.380. The van der Waals surface area contributed by atoms with Crippen LogP contribution in [0, 0.1) is 0 Å². The second-order valence-electron chi connectivity index (χ2n) is 5.08. The molecule has 1 saturated carbocycles. The number of ether oxygens (including phenoxy) is 1. The summed E-state index contributed by atoms with van der Waals surface area (Å²) >= 11 is 0. The molecule has 0 heterocycles. The summed E-state index contributed by atoms with van der Waals surface area (Å²) in [6, 6.07) is 0. The molecular formula is C11H19F3O5S. The number of hydrogen-bond donors (Lipinski definition) is 1. The van der Waals surface area contributed by atoms with Crippen LogP contribution in [0.25, 0.3) is 0 Å². The summed E-state index contributed by atoms with van der Waals surface area (Å²) in [5.41, 5.74) is -4.12. The Morgan fingerprint density at radius 1 is 1.20 bits per heavy atom. The Morgan fingerprint density at radius 3 is 2.05 bits per heavy atom. The van der Waals surface area contributed by atoms with E-state index in [9.17, 15) is 26.7 Å². The first-order valence-electron chi connectivity index (χ1n) is 6.21. The molecule has 0 aromatic rings. The number of rotatable bonds is 5. The average Bonchev–Trinajstić information content (AvgIpc) is 2.32. The van der Waals surface area contributed by atoms with E-state index in [0.29, 0.717) is 0 Å². The van der Waals surface area contributed by atoms with Crippen molar-refractivity contribution in [3.8, 4) is 0 Å². The van der Waals surface area contributed by atoms with Gasteiger partial charge in [0, 0.05) is 7.11 Å². The molecule has 0 amide bonds. The van der Waals surface area contributed by atoms with Gasteiger partial charge >= 0.3 is 6.18 Å². The molecule has 1 aliphatic rings. The number of halogens is 3. The molecule has 5 nitrogen and oxygen atoms in total. The highest BCUT2D eigenvalue weighted by atomic mass is 32.2. The van der Waals surface area contributed by atoms with E-state index in [1.807, 2.05) is 0 Å². The van der Waals surface area contributed by atoms with E-state index < -0.39 is 40.3 Å². The summed E-state index contributed by atoms with van der Waals surface area (Å²) in [6.45, 7) is 1.24. The highest BCUT2D eigenvalue weighted by Gasteiger charge is 2.58. The summed E-state index contributed by atoms with van der Waals surface area (Å²) in [4.78, 5) is 0. The van der Waals surface area contributed by atoms with Gasteiger partial charge in [-0.1, -0.05) is 0 Å². The topological polar surface area (TPSA) is 72.8 Å². The van der Waals surface area contributed by atoms with Gasteiger partial charge in [0.1, 0.15) is 5.60 Å². The van der Waals surface area contributed by atoms with Crippen LogP contribution in [0.4, 0.5) is 13.2 Å². The lowest BCUT2D eigenvalue weighted by Gasteiger charge is -2.43. The molecule has 0 saturated heterocycles. The number of alkyl halides is 3. The van der Waals surface area contributed by atoms with Crippen LogP contribution in [0.1, 0.15) is 32.6 Å². The highest BCUT2D eigenvalue weighted by Crippen LogP contribution is 2.46. The van der Waals surface area contributed by atoms with Crippen molar-refractivity contribution >= 4 is 10.1 Å². The predicted octanol–water partition coefficient (Wildman–Crippen LogP) is 1.61. The van der Waals surface area contributed by atoms with E-state index in [0.717, 1.165) is 0 Å². The van der Waals surface area contributed by atoms with E-state index in [-0.39, 0.29) is 25.2 Å². The summed E-state index contributed by atoms with van der Waals surface area (Å²) in [5, 5.41) is 9.59. The van der Waals surface area contributed by atoms with Gasteiger partial charge in [-0.3, -0.25) is 4.18 Å². The lowest BCUT2D eigenvalue weighted by atomic mass is 9.76. The van der Waals surface area contributed by atoms with Gasteiger partial charge in [0.25, 0.3) is 10.1 Å². The van der Waals surface area contributed by atoms with Crippen LogP contribution in [0.2, 0.25) is 0 Å². The molecule has 1 fully saturated rings. The first kappa shape index (κ1) is 17.7. The van der Waals surface area contributed by atoms with Crippen molar-refractivity contribution in [3.63, 3.8) is 0 Å². The number of hydrogen-bond acceptors (Lipinski definition) is 5. The first-order valence-corrected chi connectivity index (χ1v) is 7.78. The van der Waals surface area contributed by atoms with Crippen molar-refractivity contribution in [2.45, 2.75) is 50.0 Å². The zero-order valence-corrected chi connectivity index (χ0v) is 12.2. The van der Waals surface area contributed by atoms with Crippen molar-refractivity contribution < 1.29 is 35.6 Å². The lowest BCUT2D eigenvalue weighted by Crippen LogP contribution is -2.54. The second kappa shape index (κ2) is 5.78. The minimum Gasteiger partial charge on any atom is -0.382 e. The third-order valence-corrected chi connectivity index (χ3v) is 4.90. The average molecular weight is 320 g/mol. The van der Waals surface area contributed by atoms with Crippen LogP contribution in [0.3, 0.4) is 0 Å². The third kappa shape index (κ3) is 3.84. The van der Waals surface area contributed by atoms with E-state index in [1.165, 1.54) is 14.0 Å². The Bertz CT molecular complexity index is 424. The summed E-state index contributed by atoms with van der Waals surface area (Å²) in [5.74, 6) is -0.276. The molecule has 0 atom stereocenters. The van der Waals surface area contributed by atoms with Gasteiger partial charge < -0.3 is 9.84 Å². The minimum atomic E-state index is -4.74. The molecule has 20 heavy (non-hydrogen) atoms. The van der Waals surface area contributed by atoms with Gasteiger partial charge in [-0.2, -0.15) is 21.6 Å². The Morgan fingerprint density at radius 2 is 1.70 bits per heavy atom. The largest absolute Gasteiger partial charge is 0.417 e. The molecule has 0 bridgehead atoms. The number of aliphatic hydroxyl groups is 1. The van der Waals surface area contributed by atoms with Gasteiger partial charge in [0.2, 0.25) is 0 Å². The summed E-state index contributed by atoms with van der Waals surface area (Å²) in [6.07, 6.45) is -6.44. The Labute approximate surface area is 116 Å². The maximum atomic E-state index is 12.7. The van der Waals surface area contributed by atoms with Gasteiger partial charge in [0.05, 0.1) is 12.4 Å². The van der Waals surface area contributed by atoms with Crippen molar-refractivity contribution in [2.24, 2.45) is 0 Å². The third-order valence-electron chi connectivity index (χ3n) is 3.58. The Kier molecular flexibility index (Phi) is 5.11. The van der Waals surface area contributed by atoms with E-state index >= 15 is 0 Å². The fourth-order valence-corrected chi connectivity index (χ4v) is 3.12. The quantitative estimate of drug-likeness (QED) is 0.779. The smallest absolute Gasteiger partial charge is 0.382 e. The van der Waals surface area contributed by atoms with Gasteiger partial charge in [-0.05, 0) is 32.6 Å². The van der Waals surface area contributed by atoms with Gasteiger partial charge in [-0.25, -0.2) is 0 Å². The van der Waals surface area contributed by atoms with E-state index in [1.54, 1.807) is 0 Å². The standard InChI is InChI=1S/C11H19F3O5S/c1-3-20(16,17)19-9(8-18-2)4-6-10(15,7-5-9)11(12,13)14/h15H,3-8H2,1-2H3. The zero-order chi connectivity index (χ0) is 15.7. The fourth-order valence-electron chi connectivity index (χ4n) is 2.25. The summed E-state index contributed by atoms with van der Waals surface area (Å²) in [7, 11) is -2.50. The highest BCUT2D eigenvalue weighted by molar-refractivity contribution is 7.86. The molecule has 120 valence electrons. The number of methoxy groups -OCH3 is 1. The monoisotopic (exact) mass is 320 g/mol. The van der Waals surface area contributed by atoms with Crippen LogP contribution in [0.15, 0.2) is 0 Å². The zero-order valence-electron chi connectivity index (χ0n) is 11.4. The Balaban J connectivity index is 2.89. The second-order valence-corrected chi connectivity index (χ2v) is 6.93. The molecule has 0 aromatic carbocycles. The van der Waals surface area contributed by atoms with Crippen molar-refractivity contribution in [2.75, 3.05) is 19.5 Å². The van der Waals surface area contributed by atoms with Gasteiger partial charge in [0.15, 0.2) is 5.60 Å². The van der Waals surface area contributed by atoms with E-state index in [4.69, 9.17) is 8.92 Å². The summed E-state index contributed by atoms with van der Waals surface area (Å²) < 4.78 is 71.2. The molecule has 0 aromatic heterocycles. The molecule has 1 N–H and O–H groups in total. The normalized spacial score (nSPS) is 32.3. The molecule has 1 rings (SSSR count).